The van der Waals surface area contributed by atoms with E-state index in [-0.39, 0.29) is 41.4 Å². The zero-order valence-corrected chi connectivity index (χ0v) is 14.7. The molecule has 0 spiro atoms. The number of nitrogens with one attached hydrogen (secondary N) is 1. The number of nitrogens with two attached hydrogens (primary N) is 1. The van der Waals surface area contributed by atoms with E-state index < -0.39 is 6.36 Å². The molecule has 0 amide bonds. The molecule has 0 heterocycles. The van der Waals surface area contributed by atoms with Gasteiger partial charge in [0.15, 0.2) is 11.7 Å². The Morgan fingerprint density at radius 3 is 2.59 bits per heavy atom. The molecule has 0 atom stereocenters. The molecule has 0 aliphatic rings. The van der Waals surface area contributed by atoms with E-state index in [4.69, 9.17) is 5.73 Å². The smallest absolute Gasteiger partial charge is 0.404 e. The van der Waals surface area contributed by atoms with Crippen LogP contribution in [0.4, 0.5) is 18.9 Å². The third kappa shape index (κ3) is 8.27. The summed E-state index contributed by atoms with van der Waals surface area (Å²) in [5.41, 5.74) is 5.76. The van der Waals surface area contributed by atoms with Crippen LogP contribution in [0.1, 0.15) is 6.92 Å². The average molecular weight is 432 g/mol. The lowest BCUT2D eigenvalue weighted by Crippen LogP contribution is -2.27. The molecule has 1 aromatic carbocycles. The van der Waals surface area contributed by atoms with Crippen molar-refractivity contribution in [3.05, 3.63) is 24.3 Å². The van der Waals surface area contributed by atoms with Crippen molar-refractivity contribution in [2.45, 2.75) is 13.3 Å². The first-order valence-corrected chi connectivity index (χ1v) is 6.42. The third-order valence-electron chi connectivity index (χ3n) is 2.68. The summed E-state index contributed by atoms with van der Waals surface area (Å²) in [5, 5.41) is 2.61. The van der Waals surface area contributed by atoms with Gasteiger partial charge < -0.3 is 20.7 Å². The van der Waals surface area contributed by atoms with E-state index in [9.17, 15) is 13.2 Å². The first-order valence-electron chi connectivity index (χ1n) is 6.42. The molecule has 3 N–H and O–H groups in total. The normalized spacial score (nSPS) is 12.0. The summed E-state index contributed by atoms with van der Waals surface area (Å²) in [4.78, 5) is 6.09. The molecule has 0 unspecified atom stereocenters. The van der Waals surface area contributed by atoms with E-state index in [0.717, 1.165) is 6.54 Å². The SMILES string of the molecule is CCN(C)CCN=C(N)Nc1ccccc1OC(F)(F)F.I. The van der Waals surface area contributed by atoms with Crippen LogP contribution < -0.4 is 15.8 Å². The minimum atomic E-state index is -4.76. The monoisotopic (exact) mass is 432 g/mol. The Morgan fingerprint density at radius 1 is 1.36 bits per heavy atom. The number of hydrogen-bond acceptors (Lipinski definition) is 3. The van der Waals surface area contributed by atoms with Gasteiger partial charge in [0.25, 0.3) is 0 Å². The molecule has 1 aromatic rings. The lowest BCUT2D eigenvalue weighted by Gasteiger charge is -2.14. The zero-order valence-electron chi connectivity index (χ0n) is 12.4. The Labute approximate surface area is 144 Å². The maximum atomic E-state index is 12.3. The quantitative estimate of drug-likeness (QED) is 0.413. The number of nitrogens with zero attached hydrogens (tertiary/aromatic N) is 2. The number of hydrogen-bond donors (Lipinski definition) is 2. The Bertz CT molecular complexity index is 483. The van der Waals surface area contributed by atoms with Gasteiger partial charge in [0, 0.05) is 6.54 Å². The lowest BCUT2D eigenvalue weighted by atomic mass is 10.3. The van der Waals surface area contributed by atoms with Gasteiger partial charge in [0.2, 0.25) is 0 Å². The third-order valence-corrected chi connectivity index (χ3v) is 2.68. The van der Waals surface area contributed by atoms with Crippen molar-refractivity contribution >= 4 is 35.6 Å². The van der Waals surface area contributed by atoms with Gasteiger partial charge in [-0.15, -0.1) is 37.1 Å². The molecule has 0 fully saturated rings. The number of rotatable bonds is 6. The van der Waals surface area contributed by atoms with Gasteiger partial charge >= 0.3 is 6.36 Å². The number of anilines is 1. The Morgan fingerprint density at radius 2 is 2.00 bits per heavy atom. The Balaban J connectivity index is 0.00000441. The molecule has 0 bridgehead atoms. The number of aliphatic imine (C=N–C) groups is 1. The van der Waals surface area contributed by atoms with Crippen LogP contribution in [-0.4, -0.2) is 43.9 Å². The van der Waals surface area contributed by atoms with Crippen molar-refractivity contribution in [2.24, 2.45) is 10.7 Å². The van der Waals surface area contributed by atoms with Crippen molar-refractivity contribution in [2.75, 3.05) is 32.0 Å². The maximum absolute atomic E-state index is 12.3. The van der Waals surface area contributed by atoms with Crippen LogP contribution in [0.2, 0.25) is 0 Å². The number of halogens is 4. The highest BCUT2D eigenvalue weighted by atomic mass is 127. The molecule has 5 nitrogen and oxygen atoms in total. The highest BCUT2D eigenvalue weighted by molar-refractivity contribution is 14.0. The van der Waals surface area contributed by atoms with Crippen LogP contribution in [0.25, 0.3) is 0 Å². The van der Waals surface area contributed by atoms with Gasteiger partial charge in [-0.05, 0) is 25.7 Å². The van der Waals surface area contributed by atoms with Gasteiger partial charge in [-0.2, -0.15) is 0 Å². The zero-order chi connectivity index (χ0) is 15.9. The summed E-state index contributed by atoms with van der Waals surface area (Å²) in [7, 11) is 1.94. The summed E-state index contributed by atoms with van der Waals surface area (Å²) in [5.74, 6) is -0.313. The van der Waals surface area contributed by atoms with Crippen LogP contribution in [-0.2, 0) is 0 Å². The number of alkyl halides is 3. The number of likely N-dealkylation sites (N-methyl/N-ethyl adjacent to an activating group) is 1. The largest absolute Gasteiger partial charge is 0.573 e. The predicted molar refractivity (Wildman–Crippen MR) is 91.8 cm³/mol. The van der Waals surface area contributed by atoms with Crippen LogP contribution in [0.5, 0.6) is 5.75 Å². The topological polar surface area (TPSA) is 62.9 Å². The molecular weight excluding hydrogens is 412 g/mol. The molecule has 1 rings (SSSR count). The second kappa shape index (κ2) is 9.72. The second-order valence-electron chi connectivity index (χ2n) is 4.33. The molecule has 9 heteroatoms. The molecule has 0 radical (unpaired) electrons. The highest BCUT2D eigenvalue weighted by Crippen LogP contribution is 2.29. The molecule has 0 aromatic heterocycles. The lowest BCUT2D eigenvalue weighted by molar-refractivity contribution is -0.274. The number of para-hydroxylation sites is 2. The first-order chi connectivity index (χ1) is 9.81. The predicted octanol–water partition coefficient (Wildman–Crippen LogP) is 2.88. The van der Waals surface area contributed by atoms with Gasteiger partial charge in [-0.25, -0.2) is 0 Å². The Hall–Kier alpha value is -1.23. The van der Waals surface area contributed by atoms with E-state index >= 15 is 0 Å². The minimum absolute atomic E-state index is 0. The molecule has 22 heavy (non-hydrogen) atoms. The van der Waals surface area contributed by atoms with E-state index in [1.165, 1.54) is 18.2 Å². The summed E-state index contributed by atoms with van der Waals surface area (Å²) in [6.07, 6.45) is -4.76. The van der Waals surface area contributed by atoms with Gasteiger partial charge in [0.05, 0.1) is 12.2 Å². The fourth-order valence-electron chi connectivity index (χ4n) is 1.46. The Kier molecular flexibility index (Phi) is 9.18. The van der Waals surface area contributed by atoms with Crippen LogP contribution in [0.3, 0.4) is 0 Å². The van der Waals surface area contributed by atoms with Crippen molar-refractivity contribution in [1.82, 2.24) is 4.90 Å². The first kappa shape index (κ1) is 20.8. The van der Waals surface area contributed by atoms with Crippen molar-refractivity contribution in [1.29, 1.82) is 0 Å². The van der Waals surface area contributed by atoms with Crippen LogP contribution in [0, 0.1) is 0 Å². The van der Waals surface area contributed by atoms with Gasteiger partial charge in [-0.1, -0.05) is 19.1 Å². The minimum Gasteiger partial charge on any atom is -0.404 e. The molecule has 0 aliphatic heterocycles. The van der Waals surface area contributed by atoms with Gasteiger partial charge in [0.1, 0.15) is 0 Å². The number of benzene rings is 1. The summed E-state index contributed by atoms with van der Waals surface area (Å²) >= 11 is 0. The summed E-state index contributed by atoms with van der Waals surface area (Å²) in [6, 6.07) is 5.65. The maximum Gasteiger partial charge on any atom is 0.573 e. The molecule has 126 valence electrons. The fourth-order valence-corrected chi connectivity index (χ4v) is 1.46. The fraction of sp³-hybridized carbons (Fsp3) is 0.462. The van der Waals surface area contributed by atoms with E-state index in [2.05, 4.69) is 15.0 Å². The van der Waals surface area contributed by atoms with Crippen LogP contribution in [0.15, 0.2) is 29.3 Å². The number of ether oxygens (including phenoxy) is 1. The highest BCUT2D eigenvalue weighted by Gasteiger charge is 2.32. The molecule has 0 saturated carbocycles. The standard InChI is InChI=1S/C13H19F3N4O.HI/c1-3-20(2)9-8-18-12(17)19-10-6-4-5-7-11(10)21-13(14,15)16;/h4-7H,3,8-9H2,1-2H3,(H3,17,18,19);1H. The average Bonchev–Trinajstić information content (AvgIpc) is 2.39. The summed E-state index contributed by atoms with van der Waals surface area (Å²) in [6.45, 7) is 4.05. The van der Waals surface area contributed by atoms with E-state index in [0.29, 0.717) is 13.1 Å². The molecule has 0 aliphatic carbocycles. The van der Waals surface area contributed by atoms with Crippen molar-refractivity contribution in [3.63, 3.8) is 0 Å². The van der Waals surface area contributed by atoms with Crippen molar-refractivity contribution in [3.8, 4) is 5.75 Å². The van der Waals surface area contributed by atoms with Gasteiger partial charge in [-0.3, -0.25) is 4.99 Å². The molecule has 0 saturated heterocycles. The van der Waals surface area contributed by atoms with E-state index in [1.807, 2.05) is 18.9 Å². The second-order valence-corrected chi connectivity index (χ2v) is 4.33. The molecular formula is C13H20F3IN4O. The van der Waals surface area contributed by atoms with E-state index in [1.54, 1.807) is 6.07 Å². The van der Waals surface area contributed by atoms with Crippen molar-refractivity contribution < 1.29 is 17.9 Å². The van der Waals surface area contributed by atoms with Crippen LogP contribution >= 0.6 is 24.0 Å². The number of guanidine groups is 1. The summed E-state index contributed by atoms with van der Waals surface area (Å²) < 4.78 is 40.7.